The molecule has 0 spiro atoms. The lowest BCUT2D eigenvalue weighted by Gasteiger charge is -2.38. The molecule has 0 radical (unpaired) electrons. The molecule has 96 valence electrons. The quantitative estimate of drug-likeness (QED) is 0.674. The molecule has 3 nitrogen and oxygen atoms in total. The van der Waals surface area contributed by atoms with Crippen molar-refractivity contribution in [3.05, 3.63) is 70.8 Å². The molecule has 0 amide bonds. The van der Waals surface area contributed by atoms with Crippen LogP contribution in [0, 0.1) is 0 Å². The van der Waals surface area contributed by atoms with Crippen LogP contribution in [0.25, 0.3) is 0 Å². The maximum Gasteiger partial charge on any atom is 0.155 e. The molecule has 1 aliphatic carbocycles. The molecule has 0 atom stereocenters. The maximum absolute atomic E-state index is 5.58. The summed E-state index contributed by atoms with van der Waals surface area (Å²) in [4.78, 5) is 11.2. The Morgan fingerprint density at radius 1 is 0.632 bits per heavy atom. The van der Waals surface area contributed by atoms with Crippen LogP contribution in [0.5, 0.6) is 0 Å². The predicted octanol–water partition coefficient (Wildman–Crippen LogP) is 3.42. The highest BCUT2D eigenvalue weighted by Gasteiger charge is 2.52. The molecule has 3 heteroatoms. The lowest BCUT2D eigenvalue weighted by Crippen LogP contribution is -2.37. The molecule has 0 saturated heterocycles. The first-order valence-corrected chi connectivity index (χ1v) is 6.40. The highest BCUT2D eigenvalue weighted by Crippen LogP contribution is 2.53. The minimum absolute atomic E-state index is 0.636. The molecule has 2 aromatic rings. The van der Waals surface area contributed by atoms with Crippen LogP contribution in [0.3, 0.4) is 0 Å². The second-order valence-corrected chi connectivity index (χ2v) is 5.39. The first-order valence-electron chi connectivity index (χ1n) is 6.40. The molecule has 19 heavy (non-hydrogen) atoms. The molecule has 0 saturated carbocycles. The van der Waals surface area contributed by atoms with Crippen LogP contribution < -0.4 is 0 Å². The summed E-state index contributed by atoms with van der Waals surface area (Å²) in [5, 5.41) is 5.05. The Hall–Kier alpha value is -1.68. The summed E-state index contributed by atoms with van der Waals surface area (Å²) in [5.74, 6) is 0. The van der Waals surface area contributed by atoms with Gasteiger partial charge >= 0.3 is 0 Å². The Bertz CT molecular complexity index is 559. The van der Waals surface area contributed by atoms with E-state index in [2.05, 4.69) is 24.3 Å². The van der Waals surface area contributed by atoms with Crippen molar-refractivity contribution in [2.24, 2.45) is 0 Å². The molecular weight excluding hydrogens is 240 g/mol. The second kappa shape index (κ2) is 3.45. The van der Waals surface area contributed by atoms with Crippen molar-refractivity contribution in [1.82, 2.24) is 0 Å². The van der Waals surface area contributed by atoms with Gasteiger partial charge < -0.3 is 0 Å². The van der Waals surface area contributed by atoms with Gasteiger partial charge in [0.05, 0.1) is 0 Å². The number of hydrogen-bond donors (Lipinski definition) is 0. The van der Waals surface area contributed by atoms with Gasteiger partial charge in [0, 0.05) is 0 Å². The van der Waals surface area contributed by atoms with Crippen molar-refractivity contribution in [3.63, 3.8) is 0 Å². The van der Waals surface area contributed by atoms with Crippen molar-refractivity contribution in [1.29, 1.82) is 0 Å². The fourth-order valence-corrected chi connectivity index (χ4v) is 3.25. The molecule has 3 aliphatic rings. The van der Waals surface area contributed by atoms with Gasteiger partial charge in [0.1, 0.15) is 0 Å². The van der Waals surface area contributed by atoms with Gasteiger partial charge in [-0.3, -0.25) is 0 Å². The molecule has 5 rings (SSSR count). The summed E-state index contributed by atoms with van der Waals surface area (Å²) < 4.78 is 0. The first kappa shape index (κ1) is 11.2. The zero-order valence-corrected chi connectivity index (χ0v) is 10.8. The van der Waals surface area contributed by atoms with E-state index >= 15 is 0 Å². The number of rotatable bonds is 0. The zero-order valence-electron chi connectivity index (χ0n) is 10.8. The van der Waals surface area contributed by atoms with Crippen LogP contribution in [-0.4, -0.2) is 0 Å². The standard InChI is InChI=1S/C16H14O3/c1-15-11-7-3-5-9-13(11)16(2,18-19-17-15)14-10-6-4-8-12(14)15/h3-10H,1-2H3. The largest absolute Gasteiger partial charge is 0.190 e. The zero-order chi connectivity index (χ0) is 13.1. The number of fused-ring (bicyclic) bond motifs is 2. The molecule has 0 N–H and O–H groups in total. The minimum Gasteiger partial charge on any atom is -0.190 e. The van der Waals surface area contributed by atoms with Crippen LogP contribution in [0.15, 0.2) is 48.5 Å². The Balaban J connectivity index is 2.16. The van der Waals surface area contributed by atoms with E-state index in [1.807, 2.05) is 38.1 Å². The summed E-state index contributed by atoms with van der Waals surface area (Å²) in [6, 6.07) is 16.3. The monoisotopic (exact) mass is 254 g/mol. The third-order valence-electron chi connectivity index (χ3n) is 4.31. The molecule has 0 unspecified atom stereocenters. The highest BCUT2D eigenvalue weighted by atomic mass is 17.5. The molecule has 0 aromatic heterocycles. The fraction of sp³-hybridized carbons (Fsp3) is 0.250. The van der Waals surface area contributed by atoms with Gasteiger partial charge in [-0.05, 0) is 36.1 Å². The van der Waals surface area contributed by atoms with Crippen LogP contribution in [0.2, 0.25) is 0 Å². The van der Waals surface area contributed by atoms with Crippen LogP contribution in [0.4, 0.5) is 0 Å². The van der Waals surface area contributed by atoms with Crippen LogP contribution in [-0.2, 0) is 26.0 Å². The molecule has 2 heterocycles. The smallest absolute Gasteiger partial charge is 0.155 e. The van der Waals surface area contributed by atoms with Crippen molar-refractivity contribution in [2.45, 2.75) is 25.0 Å². The molecule has 2 aliphatic heterocycles. The topological polar surface area (TPSA) is 27.7 Å². The molecule has 2 aromatic carbocycles. The Labute approximate surface area is 111 Å². The summed E-state index contributed by atoms with van der Waals surface area (Å²) >= 11 is 0. The summed E-state index contributed by atoms with van der Waals surface area (Å²) in [5.41, 5.74) is 3.09. The maximum atomic E-state index is 5.58. The first-order chi connectivity index (χ1) is 9.16. The predicted molar refractivity (Wildman–Crippen MR) is 69.0 cm³/mol. The average Bonchev–Trinajstić information content (AvgIpc) is 2.64. The average molecular weight is 254 g/mol. The minimum atomic E-state index is -0.636. The van der Waals surface area contributed by atoms with Gasteiger partial charge in [-0.25, -0.2) is 0 Å². The molecule has 2 bridgehead atoms. The Kier molecular flexibility index (Phi) is 2.03. The second-order valence-electron chi connectivity index (χ2n) is 5.39. The number of hydrogen-bond acceptors (Lipinski definition) is 3. The van der Waals surface area contributed by atoms with Gasteiger partial charge in [-0.15, -0.1) is 0 Å². The van der Waals surface area contributed by atoms with E-state index in [0.717, 1.165) is 22.3 Å². The summed E-state index contributed by atoms with van der Waals surface area (Å²) in [6.45, 7) is 4.03. The highest BCUT2D eigenvalue weighted by molar-refractivity contribution is 5.56. The lowest BCUT2D eigenvalue weighted by molar-refractivity contribution is -0.554. The van der Waals surface area contributed by atoms with Gasteiger partial charge in [0.25, 0.3) is 0 Å². The molecular formula is C16H14O3. The van der Waals surface area contributed by atoms with Crippen LogP contribution >= 0.6 is 0 Å². The molecule has 0 fully saturated rings. The van der Waals surface area contributed by atoms with Crippen molar-refractivity contribution < 1.29 is 14.8 Å². The van der Waals surface area contributed by atoms with Gasteiger partial charge in [-0.2, -0.15) is 9.78 Å². The SMILES string of the molecule is CC12OOOC(C)(c3ccccc31)c1ccccc12. The van der Waals surface area contributed by atoms with Crippen molar-refractivity contribution in [2.75, 3.05) is 0 Å². The normalized spacial score (nSPS) is 31.5. The lowest BCUT2D eigenvalue weighted by atomic mass is 9.69. The fourth-order valence-electron chi connectivity index (χ4n) is 3.25. The van der Waals surface area contributed by atoms with Gasteiger partial charge in [0.15, 0.2) is 11.2 Å². The van der Waals surface area contributed by atoms with Gasteiger partial charge in [0.2, 0.25) is 0 Å². The Morgan fingerprint density at radius 2 is 0.947 bits per heavy atom. The van der Waals surface area contributed by atoms with E-state index in [1.54, 1.807) is 0 Å². The van der Waals surface area contributed by atoms with E-state index in [4.69, 9.17) is 14.8 Å². The van der Waals surface area contributed by atoms with Gasteiger partial charge in [-0.1, -0.05) is 53.6 Å². The van der Waals surface area contributed by atoms with Crippen molar-refractivity contribution in [3.8, 4) is 0 Å². The number of benzene rings is 2. The Morgan fingerprint density at radius 3 is 1.26 bits per heavy atom. The van der Waals surface area contributed by atoms with E-state index < -0.39 is 11.2 Å². The van der Waals surface area contributed by atoms with E-state index in [-0.39, 0.29) is 0 Å². The van der Waals surface area contributed by atoms with Crippen molar-refractivity contribution >= 4 is 0 Å². The third-order valence-corrected chi connectivity index (χ3v) is 4.31. The van der Waals surface area contributed by atoms with E-state index in [1.165, 1.54) is 0 Å². The summed E-state index contributed by atoms with van der Waals surface area (Å²) in [6.07, 6.45) is 0. The van der Waals surface area contributed by atoms with Crippen LogP contribution in [0.1, 0.15) is 36.1 Å². The van der Waals surface area contributed by atoms with E-state index in [9.17, 15) is 0 Å². The summed E-state index contributed by atoms with van der Waals surface area (Å²) in [7, 11) is 0. The third kappa shape index (κ3) is 1.22. The van der Waals surface area contributed by atoms with E-state index in [0.29, 0.717) is 0 Å².